The van der Waals surface area contributed by atoms with E-state index in [0.29, 0.717) is 13.0 Å². The summed E-state index contributed by atoms with van der Waals surface area (Å²) in [5.41, 5.74) is 5.27. The van der Waals surface area contributed by atoms with Crippen molar-refractivity contribution in [2.45, 2.75) is 123 Å². The van der Waals surface area contributed by atoms with E-state index in [1.807, 2.05) is 6.92 Å². The maximum Gasteiger partial charge on any atom is 0.472 e. The van der Waals surface area contributed by atoms with Crippen LogP contribution in [-0.4, -0.2) is 49.9 Å². The molecule has 0 aromatic heterocycles. The van der Waals surface area contributed by atoms with Crippen molar-refractivity contribution >= 4 is 13.8 Å². The van der Waals surface area contributed by atoms with Crippen LogP contribution in [0, 0.1) is 0 Å². The molecule has 0 spiro atoms. The van der Waals surface area contributed by atoms with E-state index in [-0.39, 0.29) is 38.8 Å². The van der Waals surface area contributed by atoms with Gasteiger partial charge in [0, 0.05) is 19.6 Å². The molecule has 0 aliphatic rings. The molecule has 214 valence electrons. The molecule has 0 fully saturated rings. The molecule has 0 aliphatic heterocycles. The second kappa shape index (κ2) is 25.9. The molecule has 0 rings (SSSR count). The minimum absolute atomic E-state index is 0.0967. The average molecular weight is 536 g/mol. The van der Waals surface area contributed by atoms with Gasteiger partial charge in [-0.25, -0.2) is 4.57 Å². The van der Waals surface area contributed by atoms with Crippen LogP contribution in [0.3, 0.4) is 0 Å². The van der Waals surface area contributed by atoms with Crippen LogP contribution < -0.4 is 5.73 Å². The highest BCUT2D eigenvalue weighted by Crippen LogP contribution is 2.43. The van der Waals surface area contributed by atoms with Crippen molar-refractivity contribution in [3.8, 4) is 0 Å². The van der Waals surface area contributed by atoms with Crippen molar-refractivity contribution in [1.29, 1.82) is 0 Å². The van der Waals surface area contributed by atoms with Crippen LogP contribution in [0.1, 0.15) is 117 Å². The van der Waals surface area contributed by atoms with Crippen molar-refractivity contribution < 1.29 is 32.8 Å². The second-order valence-electron chi connectivity index (χ2n) is 9.26. The first-order valence-electron chi connectivity index (χ1n) is 14.2. The number of nitrogens with two attached hydrogens (primary N) is 1. The molecule has 0 heterocycles. The van der Waals surface area contributed by atoms with E-state index in [1.54, 1.807) is 0 Å². The molecule has 0 bridgehead atoms. The molecule has 0 amide bonds. The predicted octanol–water partition coefficient (Wildman–Crippen LogP) is 6.84. The van der Waals surface area contributed by atoms with Crippen LogP contribution in [0.2, 0.25) is 0 Å². The standard InChI is InChI=1S/C27H54NO7P/c1-3-5-6-7-8-9-10-11-12-13-14-15-16-17-18-19-22-32-24-26(35-27(29)20-4-2)25-34-36(30,31)33-23-21-28/h11-12,26H,3-10,13-25,28H2,1-2H3,(H,30,31)/b12-11-. The summed E-state index contributed by atoms with van der Waals surface area (Å²) in [7, 11) is -4.23. The summed E-state index contributed by atoms with van der Waals surface area (Å²) in [5, 5.41) is 0. The lowest BCUT2D eigenvalue weighted by Crippen LogP contribution is -2.28. The highest BCUT2D eigenvalue weighted by atomic mass is 31.2. The van der Waals surface area contributed by atoms with Crippen molar-refractivity contribution in [2.24, 2.45) is 5.73 Å². The van der Waals surface area contributed by atoms with Crippen molar-refractivity contribution in [1.82, 2.24) is 0 Å². The fourth-order valence-corrected chi connectivity index (χ4v) is 4.38. The average Bonchev–Trinajstić information content (AvgIpc) is 2.85. The monoisotopic (exact) mass is 535 g/mol. The first kappa shape index (κ1) is 35.2. The van der Waals surface area contributed by atoms with Crippen LogP contribution in [0.5, 0.6) is 0 Å². The lowest BCUT2D eigenvalue weighted by Gasteiger charge is -2.19. The topological polar surface area (TPSA) is 117 Å². The summed E-state index contributed by atoms with van der Waals surface area (Å²) in [6.07, 6.45) is 22.3. The maximum atomic E-state index is 11.8. The number of esters is 1. The predicted molar refractivity (Wildman–Crippen MR) is 146 cm³/mol. The van der Waals surface area contributed by atoms with Gasteiger partial charge in [-0.1, -0.05) is 83.8 Å². The molecule has 0 aromatic rings. The van der Waals surface area contributed by atoms with Gasteiger partial charge in [-0.05, 0) is 38.5 Å². The number of phosphoric ester groups is 1. The highest BCUT2D eigenvalue weighted by Gasteiger charge is 2.25. The quantitative estimate of drug-likeness (QED) is 0.0508. The number of carbonyl (C=O) groups excluding carboxylic acids is 1. The maximum absolute atomic E-state index is 11.8. The van der Waals surface area contributed by atoms with Gasteiger partial charge < -0.3 is 20.1 Å². The van der Waals surface area contributed by atoms with Crippen molar-refractivity contribution in [3.05, 3.63) is 12.2 Å². The number of hydrogen-bond acceptors (Lipinski definition) is 7. The molecule has 0 aliphatic carbocycles. The zero-order chi connectivity index (χ0) is 26.7. The van der Waals surface area contributed by atoms with E-state index in [4.69, 9.17) is 24.3 Å². The van der Waals surface area contributed by atoms with E-state index in [1.165, 1.54) is 77.0 Å². The molecule has 0 saturated heterocycles. The summed E-state index contributed by atoms with van der Waals surface area (Å²) in [4.78, 5) is 21.5. The SMILES string of the molecule is CCCCCCCC/C=C\CCCCCCCCOCC(COP(=O)(O)OCCN)OC(=O)CCC. The normalized spacial score (nSPS) is 14.2. The zero-order valence-corrected chi connectivity index (χ0v) is 23.9. The third-order valence-corrected chi connectivity index (χ3v) is 6.64. The Labute approximate surface area is 220 Å². The van der Waals surface area contributed by atoms with Crippen LogP contribution in [-0.2, 0) is 27.9 Å². The molecule has 2 unspecified atom stereocenters. The van der Waals surface area contributed by atoms with Gasteiger partial charge in [0.25, 0.3) is 0 Å². The van der Waals surface area contributed by atoms with Gasteiger partial charge in [0.05, 0.1) is 19.8 Å². The van der Waals surface area contributed by atoms with E-state index in [0.717, 1.165) is 12.8 Å². The molecule has 9 heteroatoms. The molecule has 36 heavy (non-hydrogen) atoms. The smallest absolute Gasteiger partial charge is 0.457 e. The summed E-state index contributed by atoms with van der Waals surface area (Å²) in [5.74, 6) is -0.386. The first-order chi connectivity index (χ1) is 17.4. The van der Waals surface area contributed by atoms with E-state index in [2.05, 4.69) is 19.1 Å². The molecule has 2 atom stereocenters. The van der Waals surface area contributed by atoms with Gasteiger partial charge >= 0.3 is 13.8 Å². The Balaban J connectivity index is 3.80. The van der Waals surface area contributed by atoms with E-state index in [9.17, 15) is 14.3 Å². The number of rotatable bonds is 27. The van der Waals surface area contributed by atoms with Crippen LogP contribution in [0.25, 0.3) is 0 Å². The Morgan fingerprint density at radius 3 is 1.97 bits per heavy atom. The molecular formula is C27H54NO7P. The molecule has 0 radical (unpaired) electrons. The first-order valence-corrected chi connectivity index (χ1v) is 15.7. The summed E-state index contributed by atoms with van der Waals surface area (Å²) in [6, 6.07) is 0. The van der Waals surface area contributed by atoms with E-state index < -0.39 is 13.9 Å². The van der Waals surface area contributed by atoms with Crippen LogP contribution in [0.4, 0.5) is 0 Å². The Morgan fingerprint density at radius 1 is 0.806 bits per heavy atom. The minimum Gasteiger partial charge on any atom is -0.457 e. The molecule has 3 N–H and O–H groups in total. The molecular weight excluding hydrogens is 481 g/mol. The number of carbonyl (C=O) groups is 1. The van der Waals surface area contributed by atoms with Crippen LogP contribution >= 0.6 is 7.82 Å². The van der Waals surface area contributed by atoms with Gasteiger partial charge in [0.15, 0.2) is 0 Å². The minimum atomic E-state index is -4.23. The van der Waals surface area contributed by atoms with Crippen molar-refractivity contribution in [3.63, 3.8) is 0 Å². The summed E-state index contributed by atoms with van der Waals surface area (Å²) < 4.78 is 32.4. The van der Waals surface area contributed by atoms with Gasteiger partial charge in [-0.2, -0.15) is 0 Å². The Hall–Kier alpha value is -0.760. The van der Waals surface area contributed by atoms with E-state index >= 15 is 0 Å². The Kier molecular flexibility index (Phi) is 25.3. The fourth-order valence-electron chi connectivity index (χ4n) is 3.61. The van der Waals surface area contributed by atoms with Gasteiger partial charge in [0.2, 0.25) is 0 Å². The Morgan fingerprint density at radius 2 is 1.39 bits per heavy atom. The van der Waals surface area contributed by atoms with Crippen molar-refractivity contribution in [2.75, 3.05) is 33.0 Å². The Bertz CT molecular complexity index is 574. The van der Waals surface area contributed by atoms with Gasteiger partial charge in [0.1, 0.15) is 6.10 Å². The van der Waals surface area contributed by atoms with Gasteiger partial charge in [-0.3, -0.25) is 13.8 Å². The zero-order valence-electron chi connectivity index (χ0n) is 23.0. The third-order valence-electron chi connectivity index (χ3n) is 5.65. The highest BCUT2D eigenvalue weighted by molar-refractivity contribution is 7.47. The second-order valence-corrected chi connectivity index (χ2v) is 10.7. The summed E-state index contributed by atoms with van der Waals surface area (Å²) >= 11 is 0. The molecule has 0 saturated carbocycles. The molecule has 8 nitrogen and oxygen atoms in total. The number of hydrogen-bond donors (Lipinski definition) is 2. The lowest BCUT2D eigenvalue weighted by molar-refractivity contribution is -0.154. The number of allylic oxidation sites excluding steroid dienone is 2. The van der Waals surface area contributed by atoms with Gasteiger partial charge in [-0.15, -0.1) is 0 Å². The summed E-state index contributed by atoms with van der Waals surface area (Å²) in [6.45, 7) is 4.51. The fraction of sp³-hybridized carbons (Fsp3) is 0.889. The number of phosphoric acid groups is 1. The number of ether oxygens (including phenoxy) is 2. The number of unbranched alkanes of at least 4 members (excludes halogenated alkanes) is 12. The largest absolute Gasteiger partial charge is 0.472 e. The third kappa shape index (κ3) is 24.9. The molecule has 0 aromatic carbocycles. The van der Waals surface area contributed by atoms with Crippen LogP contribution in [0.15, 0.2) is 12.2 Å². The lowest BCUT2D eigenvalue weighted by atomic mass is 10.1.